The Kier molecular flexibility index (Phi) is 4.19. The summed E-state index contributed by atoms with van der Waals surface area (Å²) in [5.74, 6) is -1.45. The van der Waals surface area contributed by atoms with Gasteiger partial charge >= 0.3 is 5.97 Å². The molecule has 19 heavy (non-hydrogen) atoms. The van der Waals surface area contributed by atoms with Crippen LogP contribution >= 0.6 is 0 Å². The molecule has 2 amide bonds. The lowest BCUT2D eigenvalue weighted by atomic mass is 9.94. The number of likely N-dealkylation sites (tertiary alicyclic amines) is 1. The summed E-state index contributed by atoms with van der Waals surface area (Å²) in [5, 5.41) is 11.6. The first-order valence-corrected chi connectivity index (χ1v) is 6.85. The van der Waals surface area contributed by atoms with Crippen LogP contribution in [0.15, 0.2) is 0 Å². The van der Waals surface area contributed by atoms with Gasteiger partial charge in [-0.3, -0.25) is 24.6 Å². The Morgan fingerprint density at radius 1 is 1.32 bits per heavy atom. The molecular formula is C13H20N2O4. The topological polar surface area (TPSA) is 86.7 Å². The monoisotopic (exact) mass is 268 g/mol. The SMILES string of the molecule is C[C@@H](NC1CC(=O)N(C2CCCCC2)C1=O)C(=O)O. The molecule has 1 saturated carbocycles. The fourth-order valence-electron chi connectivity index (χ4n) is 2.88. The van der Waals surface area contributed by atoms with Crippen molar-refractivity contribution >= 4 is 17.8 Å². The normalized spacial score (nSPS) is 26.8. The van der Waals surface area contributed by atoms with Gasteiger partial charge in [0, 0.05) is 6.04 Å². The molecule has 2 rings (SSSR count). The number of nitrogens with zero attached hydrogens (tertiary/aromatic N) is 1. The molecule has 2 aliphatic rings. The predicted molar refractivity (Wildman–Crippen MR) is 67.4 cm³/mol. The molecule has 0 aromatic rings. The van der Waals surface area contributed by atoms with Crippen LogP contribution in [0.25, 0.3) is 0 Å². The molecule has 0 aromatic heterocycles. The van der Waals surface area contributed by atoms with E-state index >= 15 is 0 Å². The zero-order valence-corrected chi connectivity index (χ0v) is 11.1. The van der Waals surface area contributed by atoms with E-state index in [-0.39, 0.29) is 24.3 Å². The highest BCUT2D eigenvalue weighted by Crippen LogP contribution is 2.27. The molecule has 1 aliphatic heterocycles. The minimum Gasteiger partial charge on any atom is -0.480 e. The molecular weight excluding hydrogens is 248 g/mol. The number of carbonyl (C=O) groups excluding carboxylic acids is 2. The molecule has 0 spiro atoms. The molecule has 0 radical (unpaired) electrons. The maximum Gasteiger partial charge on any atom is 0.320 e. The van der Waals surface area contributed by atoms with Crippen molar-refractivity contribution in [3.05, 3.63) is 0 Å². The van der Waals surface area contributed by atoms with E-state index in [0.717, 1.165) is 32.1 Å². The minimum atomic E-state index is -1.02. The van der Waals surface area contributed by atoms with Gasteiger partial charge in [-0.25, -0.2) is 0 Å². The fourth-order valence-corrected chi connectivity index (χ4v) is 2.88. The van der Waals surface area contributed by atoms with E-state index in [9.17, 15) is 14.4 Å². The summed E-state index contributed by atoms with van der Waals surface area (Å²) < 4.78 is 0. The molecule has 1 heterocycles. The van der Waals surface area contributed by atoms with Crippen LogP contribution in [0, 0.1) is 0 Å². The highest BCUT2D eigenvalue weighted by Gasteiger charge is 2.43. The molecule has 106 valence electrons. The van der Waals surface area contributed by atoms with E-state index in [1.165, 1.54) is 11.8 Å². The van der Waals surface area contributed by atoms with Gasteiger partial charge in [0.2, 0.25) is 11.8 Å². The minimum absolute atomic E-state index is 0.0145. The summed E-state index contributed by atoms with van der Waals surface area (Å²) in [4.78, 5) is 36.3. The van der Waals surface area contributed by atoms with Crippen molar-refractivity contribution in [2.75, 3.05) is 0 Å². The molecule has 1 saturated heterocycles. The van der Waals surface area contributed by atoms with E-state index in [1.807, 2.05) is 0 Å². The van der Waals surface area contributed by atoms with E-state index in [2.05, 4.69) is 5.32 Å². The van der Waals surface area contributed by atoms with Crippen LogP contribution in [-0.2, 0) is 14.4 Å². The third kappa shape index (κ3) is 2.94. The molecule has 2 N–H and O–H groups in total. The summed E-state index contributed by atoms with van der Waals surface area (Å²) in [7, 11) is 0. The van der Waals surface area contributed by atoms with E-state index < -0.39 is 18.1 Å². The molecule has 2 fully saturated rings. The summed E-state index contributed by atoms with van der Waals surface area (Å²) in [6, 6.07) is -1.49. The van der Waals surface area contributed by atoms with Crippen LogP contribution in [-0.4, -0.2) is 45.9 Å². The summed E-state index contributed by atoms with van der Waals surface area (Å²) in [5.41, 5.74) is 0. The number of carboxylic acids is 1. The number of nitrogens with one attached hydrogen (secondary N) is 1. The standard InChI is InChI=1S/C13H20N2O4/c1-8(13(18)19)14-10-7-11(16)15(12(10)17)9-5-3-2-4-6-9/h8-10,14H,2-7H2,1H3,(H,18,19)/t8-,10?/m1/s1. The number of imide groups is 1. The lowest BCUT2D eigenvalue weighted by Gasteiger charge is -2.29. The Morgan fingerprint density at radius 2 is 1.95 bits per heavy atom. The van der Waals surface area contributed by atoms with Crippen molar-refractivity contribution in [2.24, 2.45) is 0 Å². The Morgan fingerprint density at radius 3 is 2.53 bits per heavy atom. The number of carbonyl (C=O) groups is 3. The zero-order chi connectivity index (χ0) is 14.0. The van der Waals surface area contributed by atoms with E-state index in [0.29, 0.717) is 0 Å². The second-order valence-corrected chi connectivity index (χ2v) is 5.38. The van der Waals surface area contributed by atoms with Crippen molar-refractivity contribution < 1.29 is 19.5 Å². The molecule has 6 nitrogen and oxygen atoms in total. The van der Waals surface area contributed by atoms with Gasteiger partial charge in [-0.1, -0.05) is 19.3 Å². The molecule has 1 aliphatic carbocycles. The van der Waals surface area contributed by atoms with Gasteiger partial charge in [-0.2, -0.15) is 0 Å². The summed E-state index contributed by atoms with van der Waals surface area (Å²) in [6.45, 7) is 1.48. The van der Waals surface area contributed by atoms with Gasteiger partial charge in [-0.05, 0) is 19.8 Å². The average Bonchev–Trinajstić information content (AvgIpc) is 2.65. The van der Waals surface area contributed by atoms with Gasteiger partial charge in [0.25, 0.3) is 0 Å². The van der Waals surface area contributed by atoms with Crippen LogP contribution < -0.4 is 5.32 Å². The number of amides is 2. The first kappa shape index (κ1) is 14.0. The zero-order valence-electron chi connectivity index (χ0n) is 11.1. The average molecular weight is 268 g/mol. The second-order valence-electron chi connectivity index (χ2n) is 5.38. The maximum absolute atomic E-state index is 12.2. The Balaban J connectivity index is 2.01. The summed E-state index contributed by atoms with van der Waals surface area (Å²) >= 11 is 0. The van der Waals surface area contributed by atoms with Gasteiger partial charge < -0.3 is 5.11 Å². The van der Waals surface area contributed by atoms with Gasteiger partial charge in [0.15, 0.2) is 0 Å². The van der Waals surface area contributed by atoms with E-state index in [4.69, 9.17) is 5.11 Å². The molecule has 6 heteroatoms. The quantitative estimate of drug-likeness (QED) is 0.725. The molecule has 0 bridgehead atoms. The Labute approximate surface area is 112 Å². The van der Waals surface area contributed by atoms with Crippen LogP contribution in [0.4, 0.5) is 0 Å². The summed E-state index contributed by atoms with van der Waals surface area (Å²) in [6.07, 6.45) is 5.07. The number of hydrogen-bond acceptors (Lipinski definition) is 4. The molecule has 0 aromatic carbocycles. The number of rotatable bonds is 4. The third-order valence-corrected chi connectivity index (χ3v) is 3.94. The van der Waals surface area contributed by atoms with Crippen molar-refractivity contribution in [1.29, 1.82) is 0 Å². The second kappa shape index (κ2) is 5.69. The maximum atomic E-state index is 12.2. The Hall–Kier alpha value is -1.43. The number of carboxylic acid groups (broad SMARTS) is 1. The van der Waals surface area contributed by atoms with Crippen molar-refractivity contribution in [3.8, 4) is 0 Å². The van der Waals surface area contributed by atoms with Crippen molar-refractivity contribution in [2.45, 2.75) is 63.6 Å². The first-order valence-electron chi connectivity index (χ1n) is 6.85. The van der Waals surface area contributed by atoms with Crippen LogP contribution in [0.2, 0.25) is 0 Å². The van der Waals surface area contributed by atoms with Gasteiger partial charge in [-0.15, -0.1) is 0 Å². The third-order valence-electron chi connectivity index (χ3n) is 3.94. The molecule has 2 atom stereocenters. The number of hydrogen-bond donors (Lipinski definition) is 2. The molecule has 1 unspecified atom stereocenters. The smallest absolute Gasteiger partial charge is 0.320 e. The van der Waals surface area contributed by atoms with Crippen molar-refractivity contribution in [1.82, 2.24) is 10.2 Å². The highest BCUT2D eigenvalue weighted by atomic mass is 16.4. The van der Waals surface area contributed by atoms with Crippen molar-refractivity contribution in [3.63, 3.8) is 0 Å². The van der Waals surface area contributed by atoms with Crippen LogP contribution in [0.3, 0.4) is 0 Å². The number of aliphatic carboxylic acids is 1. The predicted octanol–water partition coefficient (Wildman–Crippen LogP) is 0.509. The lowest BCUT2D eigenvalue weighted by Crippen LogP contribution is -2.48. The highest BCUT2D eigenvalue weighted by molar-refractivity contribution is 6.06. The Bertz CT molecular complexity index is 390. The largest absolute Gasteiger partial charge is 0.480 e. The fraction of sp³-hybridized carbons (Fsp3) is 0.769. The van der Waals surface area contributed by atoms with E-state index in [1.54, 1.807) is 0 Å². The van der Waals surface area contributed by atoms with Crippen LogP contribution in [0.1, 0.15) is 45.4 Å². The lowest BCUT2D eigenvalue weighted by molar-refractivity contribution is -0.142. The van der Waals surface area contributed by atoms with Crippen LogP contribution in [0.5, 0.6) is 0 Å². The van der Waals surface area contributed by atoms with Gasteiger partial charge in [0.1, 0.15) is 6.04 Å². The van der Waals surface area contributed by atoms with Gasteiger partial charge in [0.05, 0.1) is 12.5 Å². The first-order chi connectivity index (χ1) is 9.00.